The highest BCUT2D eigenvalue weighted by molar-refractivity contribution is 7.99. The molecule has 0 aliphatic heterocycles. The first kappa shape index (κ1) is 18.5. The van der Waals surface area contributed by atoms with Gasteiger partial charge in [-0.25, -0.2) is 9.67 Å². The summed E-state index contributed by atoms with van der Waals surface area (Å²) in [6, 6.07) is 8.46. The van der Waals surface area contributed by atoms with Crippen LogP contribution in [-0.4, -0.2) is 36.9 Å². The van der Waals surface area contributed by atoms with E-state index in [-0.39, 0.29) is 17.7 Å². The van der Waals surface area contributed by atoms with E-state index in [4.69, 9.17) is 0 Å². The molecule has 0 fully saturated rings. The summed E-state index contributed by atoms with van der Waals surface area (Å²) in [5.41, 5.74) is 3.20. The zero-order valence-electron chi connectivity index (χ0n) is 14.8. The molecule has 26 heavy (non-hydrogen) atoms. The van der Waals surface area contributed by atoms with Crippen LogP contribution in [0.15, 0.2) is 34.8 Å². The molecule has 2 heterocycles. The molecule has 0 saturated carbocycles. The van der Waals surface area contributed by atoms with Gasteiger partial charge in [0.2, 0.25) is 11.1 Å². The van der Waals surface area contributed by atoms with Crippen molar-refractivity contribution in [2.45, 2.75) is 38.4 Å². The zero-order valence-corrected chi connectivity index (χ0v) is 16.5. The second-order valence-electron chi connectivity index (χ2n) is 5.93. The number of rotatable bonds is 7. The lowest BCUT2D eigenvalue weighted by atomic mass is 10.1. The Kier molecular flexibility index (Phi) is 6.00. The molecule has 7 nitrogen and oxygen atoms in total. The van der Waals surface area contributed by atoms with E-state index in [9.17, 15) is 4.79 Å². The Morgan fingerprint density at radius 2 is 2.08 bits per heavy atom. The number of carbonyl (C=O) groups is 1. The van der Waals surface area contributed by atoms with Crippen LogP contribution in [0.2, 0.25) is 0 Å². The van der Waals surface area contributed by atoms with Crippen molar-refractivity contribution in [3.8, 4) is 11.3 Å². The number of nitrogens with one attached hydrogen (secondary N) is 1. The summed E-state index contributed by atoms with van der Waals surface area (Å²) in [7, 11) is 0. The maximum absolute atomic E-state index is 12.2. The molecule has 1 N–H and O–H groups in total. The number of thiazole rings is 1. The van der Waals surface area contributed by atoms with Gasteiger partial charge in [-0.2, -0.15) is 0 Å². The van der Waals surface area contributed by atoms with Gasteiger partial charge in [0.15, 0.2) is 5.13 Å². The van der Waals surface area contributed by atoms with Crippen molar-refractivity contribution in [2.24, 2.45) is 0 Å². The van der Waals surface area contributed by atoms with Crippen molar-refractivity contribution < 1.29 is 4.79 Å². The van der Waals surface area contributed by atoms with E-state index in [1.54, 1.807) is 4.68 Å². The third-order valence-corrected chi connectivity index (χ3v) is 5.38. The minimum atomic E-state index is -0.129. The van der Waals surface area contributed by atoms with E-state index in [0.29, 0.717) is 10.3 Å². The normalized spacial score (nSPS) is 11.1. The number of benzene rings is 1. The van der Waals surface area contributed by atoms with Gasteiger partial charge < -0.3 is 5.32 Å². The van der Waals surface area contributed by atoms with Crippen LogP contribution in [0, 0.1) is 0 Å². The fourth-order valence-corrected chi connectivity index (χ4v) is 3.81. The smallest absolute Gasteiger partial charge is 0.236 e. The molecule has 0 aliphatic rings. The van der Waals surface area contributed by atoms with E-state index in [2.05, 4.69) is 57.0 Å². The zero-order chi connectivity index (χ0) is 18.5. The van der Waals surface area contributed by atoms with Gasteiger partial charge in [-0.05, 0) is 36.3 Å². The van der Waals surface area contributed by atoms with Crippen LogP contribution < -0.4 is 5.32 Å². The lowest BCUT2D eigenvalue weighted by Crippen LogP contribution is -2.15. The molecule has 0 radical (unpaired) electrons. The van der Waals surface area contributed by atoms with Crippen LogP contribution in [0.1, 0.15) is 32.4 Å². The van der Waals surface area contributed by atoms with E-state index in [0.717, 1.165) is 17.7 Å². The average molecular weight is 389 g/mol. The fraction of sp³-hybridized carbons (Fsp3) is 0.353. The molecule has 1 amide bonds. The number of tetrazole rings is 1. The van der Waals surface area contributed by atoms with Gasteiger partial charge >= 0.3 is 0 Å². The van der Waals surface area contributed by atoms with Crippen molar-refractivity contribution in [3.63, 3.8) is 0 Å². The number of nitrogens with zero attached hydrogens (tertiary/aromatic N) is 5. The molecule has 1 aromatic carbocycles. The number of carbonyl (C=O) groups excluding carboxylic acids is 1. The first-order chi connectivity index (χ1) is 12.6. The van der Waals surface area contributed by atoms with Crippen LogP contribution in [0.4, 0.5) is 5.13 Å². The summed E-state index contributed by atoms with van der Waals surface area (Å²) >= 11 is 2.72. The predicted molar refractivity (Wildman–Crippen MR) is 104 cm³/mol. The molecular formula is C17H20N6OS2. The highest BCUT2D eigenvalue weighted by Gasteiger charge is 2.13. The highest BCUT2D eigenvalue weighted by Crippen LogP contribution is 2.25. The summed E-state index contributed by atoms with van der Waals surface area (Å²) in [6.45, 7) is 6.11. The van der Waals surface area contributed by atoms with E-state index in [1.165, 1.54) is 28.7 Å². The van der Waals surface area contributed by atoms with Gasteiger partial charge in [0.1, 0.15) is 0 Å². The Balaban J connectivity index is 1.58. The van der Waals surface area contributed by atoms with Crippen molar-refractivity contribution in [3.05, 3.63) is 35.2 Å². The summed E-state index contributed by atoms with van der Waals surface area (Å²) < 4.78 is 1.69. The Hall–Kier alpha value is -2.26. The van der Waals surface area contributed by atoms with Crippen LogP contribution >= 0.6 is 23.1 Å². The second-order valence-corrected chi connectivity index (χ2v) is 7.73. The molecule has 3 aromatic rings. The number of hydrogen-bond acceptors (Lipinski definition) is 7. The third-order valence-electron chi connectivity index (χ3n) is 3.69. The van der Waals surface area contributed by atoms with Gasteiger partial charge in [0, 0.05) is 10.9 Å². The van der Waals surface area contributed by atoms with Gasteiger partial charge in [-0.15, -0.1) is 16.4 Å². The number of thioether (sulfide) groups is 1. The molecular weight excluding hydrogens is 368 g/mol. The van der Waals surface area contributed by atoms with Crippen LogP contribution in [0.25, 0.3) is 11.3 Å². The summed E-state index contributed by atoms with van der Waals surface area (Å²) in [5.74, 6) is 0.100. The van der Waals surface area contributed by atoms with E-state index in [1.807, 2.05) is 19.2 Å². The molecule has 0 saturated heterocycles. The van der Waals surface area contributed by atoms with Crippen LogP contribution in [0.3, 0.4) is 0 Å². The lowest BCUT2D eigenvalue weighted by Gasteiger charge is -2.06. The summed E-state index contributed by atoms with van der Waals surface area (Å²) in [6.07, 6.45) is 1.01. The van der Waals surface area contributed by atoms with Crippen molar-refractivity contribution in [1.82, 2.24) is 25.2 Å². The highest BCUT2D eigenvalue weighted by atomic mass is 32.2. The van der Waals surface area contributed by atoms with Crippen molar-refractivity contribution in [1.29, 1.82) is 0 Å². The van der Waals surface area contributed by atoms with Crippen molar-refractivity contribution in [2.75, 3.05) is 11.1 Å². The number of anilines is 1. The lowest BCUT2D eigenvalue weighted by molar-refractivity contribution is -0.113. The maximum atomic E-state index is 12.2. The molecule has 0 unspecified atom stereocenters. The quantitative estimate of drug-likeness (QED) is 0.622. The number of amides is 1. The van der Waals surface area contributed by atoms with Gasteiger partial charge in [-0.3, -0.25) is 4.79 Å². The van der Waals surface area contributed by atoms with Crippen LogP contribution in [0.5, 0.6) is 0 Å². The molecule has 136 valence electrons. The number of aromatic nitrogens is 5. The van der Waals surface area contributed by atoms with E-state index < -0.39 is 0 Å². The van der Waals surface area contributed by atoms with Gasteiger partial charge in [0.05, 0.1) is 17.5 Å². The Bertz CT molecular complexity index is 872. The predicted octanol–water partition coefficient (Wildman–Crippen LogP) is 3.67. The fourth-order valence-electron chi connectivity index (χ4n) is 2.26. The Morgan fingerprint density at radius 3 is 2.77 bits per heavy atom. The minimum Gasteiger partial charge on any atom is -0.301 e. The third kappa shape index (κ3) is 4.47. The molecule has 2 aromatic heterocycles. The van der Waals surface area contributed by atoms with Gasteiger partial charge in [-0.1, -0.05) is 43.0 Å². The second kappa shape index (κ2) is 8.41. The Morgan fingerprint density at radius 1 is 1.31 bits per heavy atom. The molecule has 0 bridgehead atoms. The summed E-state index contributed by atoms with van der Waals surface area (Å²) in [4.78, 5) is 16.7. The number of hydrogen-bond donors (Lipinski definition) is 1. The molecule has 0 spiro atoms. The molecule has 0 atom stereocenters. The summed E-state index contributed by atoms with van der Waals surface area (Å²) in [5, 5.41) is 17.5. The average Bonchev–Trinajstić information content (AvgIpc) is 3.29. The van der Waals surface area contributed by atoms with Crippen molar-refractivity contribution >= 4 is 34.1 Å². The minimum absolute atomic E-state index is 0.129. The largest absolute Gasteiger partial charge is 0.301 e. The monoisotopic (exact) mass is 388 g/mol. The first-order valence-corrected chi connectivity index (χ1v) is 10.2. The molecule has 3 rings (SSSR count). The Labute approximate surface area is 160 Å². The molecule has 0 aliphatic carbocycles. The standard InChI is InChI=1S/C17H20N6OS2/c1-4-12-5-7-13(8-6-12)14-9-25-16(18-14)19-15(24)10-26-17-20-21-22-23(17)11(2)3/h5-9,11H,4,10H2,1-3H3,(H,18,19,24). The number of aryl methyl sites for hydroxylation is 1. The first-order valence-electron chi connectivity index (χ1n) is 8.32. The van der Waals surface area contributed by atoms with Crippen LogP contribution in [-0.2, 0) is 11.2 Å². The topological polar surface area (TPSA) is 85.6 Å². The SMILES string of the molecule is CCc1ccc(-c2csc(NC(=O)CSc3nnnn3C(C)C)n2)cc1. The molecule has 9 heteroatoms. The van der Waals surface area contributed by atoms with Gasteiger partial charge in [0.25, 0.3) is 0 Å². The maximum Gasteiger partial charge on any atom is 0.236 e. The van der Waals surface area contributed by atoms with E-state index >= 15 is 0 Å².